The molecule has 0 amide bonds. The van der Waals surface area contributed by atoms with E-state index in [0.29, 0.717) is 12.1 Å². The van der Waals surface area contributed by atoms with Crippen LogP contribution in [0, 0.1) is 17.5 Å². The van der Waals surface area contributed by atoms with E-state index in [0.717, 1.165) is 12.1 Å². The highest BCUT2D eigenvalue weighted by Gasteiger charge is 2.18. The standard InChI is InChI=1S/C13H12F3N3/c1-2-19-13(9-5-17-7-18-6-9)8-3-10(14)12(16)11(15)4-8/h3-7,13,19H,2H2,1H3. The van der Waals surface area contributed by atoms with Gasteiger partial charge in [-0.2, -0.15) is 0 Å². The summed E-state index contributed by atoms with van der Waals surface area (Å²) in [5.41, 5.74) is 0.933. The van der Waals surface area contributed by atoms with Gasteiger partial charge in [0.05, 0.1) is 6.04 Å². The van der Waals surface area contributed by atoms with Gasteiger partial charge in [-0.3, -0.25) is 0 Å². The van der Waals surface area contributed by atoms with Crippen molar-refractivity contribution in [3.05, 3.63) is 59.4 Å². The van der Waals surface area contributed by atoms with E-state index in [1.165, 1.54) is 6.33 Å². The molecule has 1 heterocycles. The van der Waals surface area contributed by atoms with Gasteiger partial charge in [0.25, 0.3) is 0 Å². The molecule has 2 rings (SSSR count). The monoisotopic (exact) mass is 267 g/mol. The van der Waals surface area contributed by atoms with Crippen molar-refractivity contribution in [2.45, 2.75) is 13.0 Å². The number of nitrogens with zero attached hydrogens (tertiary/aromatic N) is 2. The zero-order chi connectivity index (χ0) is 13.8. The normalized spacial score (nSPS) is 12.4. The quantitative estimate of drug-likeness (QED) is 0.865. The molecule has 0 spiro atoms. The number of rotatable bonds is 4. The van der Waals surface area contributed by atoms with E-state index in [1.54, 1.807) is 12.4 Å². The van der Waals surface area contributed by atoms with Crippen LogP contribution in [0.5, 0.6) is 0 Å². The Morgan fingerprint density at radius 3 is 2.16 bits per heavy atom. The van der Waals surface area contributed by atoms with Crippen LogP contribution in [0.4, 0.5) is 13.2 Å². The van der Waals surface area contributed by atoms with Gasteiger partial charge in [0.1, 0.15) is 6.33 Å². The second-order valence-corrected chi connectivity index (χ2v) is 3.96. The van der Waals surface area contributed by atoms with Gasteiger partial charge in [-0.25, -0.2) is 23.1 Å². The van der Waals surface area contributed by atoms with Crippen LogP contribution in [0.25, 0.3) is 0 Å². The predicted molar refractivity (Wildman–Crippen MR) is 63.9 cm³/mol. The molecule has 0 bridgehead atoms. The molecule has 100 valence electrons. The Kier molecular flexibility index (Phi) is 4.11. The minimum atomic E-state index is -1.47. The smallest absolute Gasteiger partial charge is 0.194 e. The Morgan fingerprint density at radius 2 is 1.63 bits per heavy atom. The molecular formula is C13H12F3N3. The minimum absolute atomic E-state index is 0.285. The van der Waals surface area contributed by atoms with Crippen molar-refractivity contribution >= 4 is 0 Å². The van der Waals surface area contributed by atoms with Crippen LogP contribution in [0.2, 0.25) is 0 Å². The molecule has 0 aliphatic carbocycles. The van der Waals surface area contributed by atoms with Crippen LogP contribution < -0.4 is 5.32 Å². The lowest BCUT2D eigenvalue weighted by molar-refractivity contribution is 0.442. The molecule has 0 radical (unpaired) electrons. The van der Waals surface area contributed by atoms with Crippen LogP contribution in [0.1, 0.15) is 24.1 Å². The molecule has 0 fully saturated rings. The Morgan fingerprint density at radius 1 is 1.05 bits per heavy atom. The molecule has 0 saturated heterocycles. The molecule has 0 aliphatic rings. The second-order valence-electron chi connectivity index (χ2n) is 3.96. The van der Waals surface area contributed by atoms with E-state index >= 15 is 0 Å². The zero-order valence-electron chi connectivity index (χ0n) is 10.2. The zero-order valence-corrected chi connectivity index (χ0v) is 10.2. The lowest BCUT2D eigenvalue weighted by Gasteiger charge is -2.18. The van der Waals surface area contributed by atoms with E-state index < -0.39 is 23.5 Å². The maximum atomic E-state index is 13.3. The third-order valence-corrected chi connectivity index (χ3v) is 2.66. The molecule has 0 saturated carbocycles. The Bertz CT molecular complexity index is 537. The Labute approximate surface area is 108 Å². The third-order valence-electron chi connectivity index (χ3n) is 2.66. The van der Waals surface area contributed by atoms with Crippen LogP contribution >= 0.6 is 0 Å². The predicted octanol–water partition coefficient (Wildman–Crippen LogP) is 2.59. The summed E-state index contributed by atoms with van der Waals surface area (Å²) in [6.07, 6.45) is 4.44. The molecule has 1 aromatic heterocycles. The summed E-state index contributed by atoms with van der Waals surface area (Å²) in [4.78, 5) is 7.73. The molecule has 1 atom stereocenters. The fourth-order valence-corrected chi connectivity index (χ4v) is 1.83. The van der Waals surface area contributed by atoms with Gasteiger partial charge in [0.2, 0.25) is 0 Å². The highest BCUT2D eigenvalue weighted by molar-refractivity contribution is 5.30. The molecule has 19 heavy (non-hydrogen) atoms. The molecular weight excluding hydrogens is 255 g/mol. The van der Waals surface area contributed by atoms with Gasteiger partial charge >= 0.3 is 0 Å². The van der Waals surface area contributed by atoms with Crippen LogP contribution in [-0.4, -0.2) is 16.5 Å². The average Bonchev–Trinajstić information content (AvgIpc) is 2.42. The van der Waals surface area contributed by atoms with Crippen LogP contribution in [0.3, 0.4) is 0 Å². The maximum Gasteiger partial charge on any atom is 0.194 e. The van der Waals surface area contributed by atoms with Gasteiger partial charge in [0, 0.05) is 18.0 Å². The number of halogens is 3. The van der Waals surface area contributed by atoms with E-state index in [2.05, 4.69) is 15.3 Å². The van der Waals surface area contributed by atoms with Gasteiger partial charge in [-0.05, 0) is 24.2 Å². The van der Waals surface area contributed by atoms with Crippen molar-refractivity contribution in [2.24, 2.45) is 0 Å². The molecule has 2 aromatic rings. The maximum absolute atomic E-state index is 13.3. The molecule has 3 nitrogen and oxygen atoms in total. The molecule has 1 unspecified atom stereocenters. The summed E-state index contributed by atoms with van der Waals surface area (Å²) >= 11 is 0. The molecule has 1 aromatic carbocycles. The van der Waals surface area contributed by atoms with Gasteiger partial charge < -0.3 is 5.32 Å². The SMILES string of the molecule is CCNC(c1cncnc1)c1cc(F)c(F)c(F)c1. The summed E-state index contributed by atoms with van der Waals surface area (Å²) in [6.45, 7) is 2.42. The molecule has 6 heteroatoms. The van der Waals surface area contributed by atoms with E-state index in [-0.39, 0.29) is 5.56 Å². The van der Waals surface area contributed by atoms with Crippen molar-refractivity contribution in [2.75, 3.05) is 6.54 Å². The summed E-state index contributed by atoms with van der Waals surface area (Å²) in [5.74, 6) is -3.90. The first-order valence-electron chi connectivity index (χ1n) is 5.76. The van der Waals surface area contributed by atoms with Crippen molar-refractivity contribution in [1.82, 2.24) is 15.3 Å². The topological polar surface area (TPSA) is 37.8 Å². The number of nitrogens with one attached hydrogen (secondary N) is 1. The second kappa shape index (κ2) is 5.79. The first-order chi connectivity index (χ1) is 9.13. The van der Waals surface area contributed by atoms with Crippen LogP contribution in [-0.2, 0) is 0 Å². The first kappa shape index (κ1) is 13.5. The fraction of sp³-hybridized carbons (Fsp3) is 0.231. The number of aromatic nitrogens is 2. The fourth-order valence-electron chi connectivity index (χ4n) is 1.83. The Balaban J connectivity index is 2.45. The minimum Gasteiger partial charge on any atom is -0.306 e. The van der Waals surface area contributed by atoms with E-state index in [1.807, 2.05) is 6.92 Å². The highest BCUT2D eigenvalue weighted by atomic mass is 19.2. The van der Waals surface area contributed by atoms with Crippen molar-refractivity contribution in [3.8, 4) is 0 Å². The van der Waals surface area contributed by atoms with Gasteiger partial charge in [0.15, 0.2) is 17.5 Å². The van der Waals surface area contributed by atoms with Crippen LogP contribution in [0.15, 0.2) is 30.9 Å². The summed E-state index contributed by atoms with van der Waals surface area (Å²) < 4.78 is 39.5. The lowest BCUT2D eigenvalue weighted by atomic mass is 10.0. The average molecular weight is 267 g/mol. The third kappa shape index (κ3) is 2.90. The summed E-state index contributed by atoms with van der Waals surface area (Å²) in [6, 6.07) is 1.45. The van der Waals surface area contributed by atoms with E-state index in [9.17, 15) is 13.2 Å². The van der Waals surface area contributed by atoms with Crippen molar-refractivity contribution in [3.63, 3.8) is 0 Å². The number of benzene rings is 1. The largest absolute Gasteiger partial charge is 0.306 e. The van der Waals surface area contributed by atoms with Crippen molar-refractivity contribution in [1.29, 1.82) is 0 Å². The highest BCUT2D eigenvalue weighted by Crippen LogP contribution is 2.24. The summed E-state index contributed by atoms with van der Waals surface area (Å²) in [7, 11) is 0. The lowest BCUT2D eigenvalue weighted by Crippen LogP contribution is -2.22. The van der Waals surface area contributed by atoms with Gasteiger partial charge in [-0.15, -0.1) is 0 Å². The Hall–Kier alpha value is -1.95. The first-order valence-corrected chi connectivity index (χ1v) is 5.76. The van der Waals surface area contributed by atoms with Gasteiger partial charge in [-0.1, -0.05) is 6.92 Å². The van der Waals surface area contributed by atoms with Crippen molar-refractivity contribution < 1.29 is 13.2 Å². The molecule has 1 N–H and O–H groups in total. The number of hydrogen-bond acceptors (Lipinski definition) is 3. The van der Waals surface area contributed by atoms with E-state index in [4.69, 9.17) is 0 Å². The summed E-state index contributed by atoms with van der Waals surface area (Å²) in [5, 5.41) is 3.05. The number of hydrogen-bond donors (Lipinski definition) is 1. The molecule has 0 aliphatic heterocycles.